The molecule has 1 aliphatic heterocycles. The van der Waals surface area contributed by atoms with Gasteiger partial charge in [-0.3, -0.25) is 4.79 Å². The van der Waals surface area contributed by atoms with E-state index in [1.54, 1.807) is 6.07 Å². The van der Waals surface area contributed by atoms with Gasteiger partial charge < -0.3 is 5.32 Å². The lowest BCUT2D eigenvalue weighted by Crippen LogP contribution is -2.41. The molecule has 0 atom stereocenters. The highest BCUT2D eigenvalue weighted by atomic mass is 35.5. The summed E-state index contributed by atoms with van der Waals surface area (Å²) in [7, 11) is -3.77. The van der Waals surface area contributed by atoms with E-state index in [-0.39, 0.29) is 34.8 Å². The van der Waals surface area contributed by atoms with Gasteiger partial charge in [0.2, 0.25) is 15.9 Å². The molecular weight excluding hydrogens is 453 g/mol. The zero-order valence-electron chi connectivity index (χ0n) is 15.1. The maximum atomic E-state index is 12.9. The topological polar surface area (TPSA) is 79.4 Å². The molecule has 1 aliphatic rings. The first kappa shape index (κ1) is 20.6. The zero-order valence-corrected chi connectivity index (χ0v) is 18.3. The van der Waals surface area contributed by atoms with E-state index in [0.717, 1.165) is 10.2 Å². The molecule has 6 nitrogen and oxygen atoms in total. The Kier molecular flexibility index (Phi) is 5.81. The van der Waals surface area contributed by atoms with Crippen molar-refractivity contribution in [2.45, 2.75) is 17.7 Å². The van der Waals surface area contributed by atoms with E-state index in [9.17, 15) is 13.2 Å². The summed E-state index contributed by atoms with van der Waals surface area (Å²) in [5.41, 5.74) is 0.840. The smallest absolute Gasteiger partial charge is 0.244 e. The highest BCUT2D eigenvalue weighted by Gasteiger charge is 2.33. The minimum atomic E-state index is -3.77. The molecule has 0 radical (unpaired) electrons. The van der Waals surface area contributed by atoms with Crippen LogP contribution in [-0.2, 0) is 14.8 Å². The van der Waals surface area contributed by atoms with Gasteiger partial charge in [-0.05, 0) is 43.2 Å². The number of thiazole rings is 1. The van der Waals surface area contributed by atoms with Crippen molar-refractivity contribution in [3.05, 3.63) is 52.5 Å². The van der Waals surface area contributed by atoms with Crippen molar-refractivity contribution < 1.29 is 13.2 Å². The molecule has 1 fully saturated rings. The van der Waals surface area contributed by atoms with Gasteiger partial charge in [-0.15, -0.1) is 0 Å². The van der Waals surface area contributed by atoms with Gasteiger partial charge in [0.1, 0.15) is 4.90 Å². The standard InChI is InChI=1S/C19H17Cl2N3O3S2/c20-13-5-6-14(21)17(11-13)29(26,27)24-9-7-12(8-10-24)18(25)23-19-22-15-3-1-2-4-16(15)28-19/h1-6,11-12H,7-10H2,(H,22,23,25). The first-order valence-electron chi connectivity index (χ1n) is 8.96. The van der Waals surface area contributed by atoms with E-state index >= 15 is 0 Å². The predicted octanol–water partition coefficient (Wildman–Crippen LogP) is 4.64. The molecule has 0 aliphatic carbocycles. The Labute approximate surface area is 182 Å². The Morgan fingerprint density at radius 1 is 1.14 bits per heavy atom. The van der Waals surface area contributed by atoms with Crippen LogP contribution in [-0.4, -0.2) is 36.7 Å². The van der Waals surface area contributed by atoms with Gasteiger partial charge in [0.15, 0.2) is 5.13 Å². The molecule has 0 unspecified atom stereocenters. The van der Waals surface area contributed by atoms with Gasteiger partial charge in [-0.25, -0.2) is 13.4 Å². The molecule has 4 rings (SSSR count). The Hall–Kier alpha value is -1.71. The number of carbonyl (C=O) groups is 1. The minimum absolute atomic E-state index is 0.0101. The number of nitrogens with one attached hydrogen (secondary N) is 1. The number of aromatic nitrogens is 1. The molecule has 2 heterocycles. The van der Waals surface area contributed by atoms with Crippen LogP contribution in [0.1, 0.15) is 12.8 Å². The van der Waals surface area contributed by atoms with Crippen molar-refractivity contribution in [2.24, 2.45) is 5.92 Å². The maximum Gasteiger partial charge on any atom is 0.244 e. The number of fused-ring (bicyclic) bond motifs is 1. The molecule has 0 bridgehead atoms. The van der Waals surface area contributed by atoms with Crippen LogP contribution < -0.4 is 5.32 Å². The summed E-state index contributed by atoms with van der Waals surface area (Å²) in [6.07, 6.45) is 0.849. The summed E-state index contributed by atoms with van der Waals surface area (Å²) in [4.78, 5) is 17.0. The SMILES string of the molecule is O=C(Nc1nc2ccccc2s1)C1CCN(S(=O)(=O)c2cc(Cl)ccc2Cl)CC1. The average Bonchev–Trinajstić information content (AvgIpc) is 3.12. The van der Waals surface area contributed by atoms with Crippen molar-refractivity contribution in [1.29, 1.82) is 0 Å². The molecule has 0 spiro atoms. The second-order valence-electron chi connectivity index (χ2n) is 6.73. The molecule has 1 amide bonds. The van der Waals surface area contributed by atoms with E-state index in [1.807, 2.05) is 24.3 Å². The van der Waals surface area contributed by atoms with Gasteiger partial charge >= 0.3 is 0 Å². The molecule has 2 aromatic carbocycles. The Bertz CT molecular complexity index is 1140. The minimum Gasteiger partial charge on any atom is -0.302 e. The molecule has 152 valence electrons. The second-order valence-corrected chi connectivity index (χ2v) is 10.5. The molecule has 10 heteroatoms. The third-order valence-electron chi connectivity index (χ3n) is 4.86. The van der Waals surface area contributed by atoms with E-state index in [2.05, 4.69) is 10.3 Å². The lowest BCUT2D eigenvalue weighted by atomic mass is 9.97. The third-order valence-corrected chi connectivity index (χ3v) is 8.43. The van der Waals surface area contributed by atoms with Crippen molar-refractivity contribution in [2.75, 3.05) is 18.4 Å². The monoisotopic (exact) mass is 469 g/mol. The van der Waals surface area contributed by atoms with Crippen molar-refractivity contribution in [3.63, 3.8) is 0 Å². The number of hydrogen-bond donors (Lipinski definition) is 1. The van der Waals surface area contributed by atoms with Gasteiger partial charge in [-0.1, -0.05) is 46.7 Å². The van der Waals surface area contributed by atoms with Crippen LogP contribution in [0.3, 0.4) is 0 Å². The van der Waals surface area contributed by atoms with Crippen LogP contribution in [0.2, 0.25) is 10.0 Å². The first-order chi connectivity index (χ1) is 13.8. The third kappa shape index (κ3) is 4.27. The summed E-state index contributed by atoms with van der Waals surface area (Å²) in [6, 6.07) is 12.0. The number of sulfonamides is 1. The number of halogens is 2. The predicted molar refractivity (Wildman–Crippen MR) is 116 cm³/mol. The van der Waals surface area contributed by atoms with Gasteiger partial charge in [0, 0.05) is 24.0 Å². The lowest BCUT2D eigenvalue weighted by molar-refractivity contribution is -0.120. The molecular formula is C19H17Cl2N3O3S2. The summed E-state index contributed by atoms with van der Waals surface area (Å²) in [5, 5.41) is 3.85. The van der Waals surface area contributed by atoms with Crippen LogP contribution in [0.4, 0.5) is 5.13 Å². The summed E-state index contributed by atoms with van der Waals surface area (Å²) in [5.74, 6) is -0.412. The molecule has 1 aromatic heterocycles. The molecule has 1 N–H and O–H groups in total. The number of anilines is 1. The Balaban J connectivity index is 1.42. The Morgan fingerprint density at radius 2 is 1.86 bits per heavy atom. The summed E-state index contributed by atoms with van der Waals surface area (Å²) in [6.45, 7) is 0.478. The average molecular weight is 470 g/mol. The summed E-state index contributed by atoms with van der Waals surface area (Å²) < 4.78 is 28.2. The van der Waals surface area contributed by atoms with E-state index < -0.39 is 10.0 Å². The van der Waals surface area contributed by atoms with E-state index in [4.69, 9.17) is 23.2 Å². The second kappa shape index (κ2) is 8.20. The zero-order chi connectivity index (χ0) is 20.6. The molecule has 0 saturated carbocycles. The number of piperidine rings is 1. The lowest BCUT2D eigenvalue weighted by Gasteiger charge is -2.30. The largest absolute Gasteiger partial charge is 0.302 e. The van der Waals surface area contributed by atoms with E-state index in [0.29, 0.717) is 23.0 Å². The normalized spacial score (nSPS) is 16.2. The van der Waals surface area contributed by atoms with Crippen LogP contribution in [0.25, 0.3) is 10.2 Å². The fourth-order valence-corrected chi connectivity index (χ4v) is 6.38. The fourth-order valence-electron chi connectivity index (χ4n) is 3.31. The van der Waals surface area contributed by atoms with Crippen LogP contribution in [0, 0.1) is 5.92 Å². The highest BCUT2D eigenvalue weighted by molar-refractivity contribution is 7.89. The van der Waals surface area contributed by atoms with Gasteiger partial charge in [0.25, 0.3) is 0 Å². The number of hydrogen-bond acceptors (Lipinski definition) is 5. The van der Waals surface area contributed by atoms with Crippen molar-refractivity contribution in [1.82, 2.24) is 9.29 Å². The number of nitrogens with zero attached hydrogens (tertiary/aromatic N) is 2. The first-order valence-corrected chi connectivity index (χ1v) is 12.0. The van der Waals surface area contributed by atoms with Crippen molar-refractivity contribution in [3.8, 4) is 0 Å². The van der Waals surface area contributed by atoms with E-state index in [1.165, 1.54) is 27.8 Å². The quantitative estimate of drug-likeness (QED) is 0.603. The van der Waals surface area contributed by atoms with Crippen LogP contribution >= 0.6 is 34.5 Å². The number of benzene rings is 2. The Morgan fingerprint density at radius 3 is 2.59 bits per heavy atom. The molecule has 3 aromatic rings. The maximum absolute atomic E-state index is 12.9. The fraction of sp³-hybridized carbons (Fsp3) is 0.263. The van der Waals surface area contributed by atoms with Crippen LogP contribution in [0.5, 0.6) is 0 Å². The van der Waals surface area contributed by atoms with Gasteiger partial charge in [0.05, 0.1) is 15.2 Å². The number of amides is 1. The number of rotatable bonds is 4. The highest BCUT2D eigenvalue weighted by Crippen LogP contribution is 2.31. The molecule has 1 saturated heterocycles. The van der Waals surface area contributed by atoms with Crippen molar-refractivity contribution >= 4 is 65.8 Å². The summed E-state index contributed by atoms with van der Waals surface area (Å²) >= 11 is 13.4. The number of para-hydroxylation sites is 1. The van der Waals surface area contributed by atoms with Gasteiger partial charge in [-0.2, -0.15) is 4.31 Å². The van der Waals surface area contributed by atoms with Crippen LogP contribution in [0.15, 0.2) is 47.4 Å². The number of carbonyl (C=O) groups excluding carboxylic acids is 1. The molecule has 29 heavy (non-hydrogen) atoms.